The summed E-state index contributed by atoms with van der Waals surface area (Å²) >= 11 is 0. The van der Waals surface area contributed by atoms with Crippen LogP contribution in [0.1, 0.15) is 5.56 Å². The van der Waals surface area contributed by atoms with Crippen molar-refractivity contribution in [3.63, 3.8) is 0 Å². The van der Waals surface area contributed by atoms with Crippen molar-refractivity contribution in [1.82, 2.24) is 20.2 Å². The van der Waals surface area contributed by atoms with Crippen molar-refractivity contribution in [3.05, 3.63) is 42.2 Å². The van der Waals surface area contributed by atoms with Crippen molar-refractivity contribution in [2.24, 2.45) is 5.73 Å². The third kappa shape index (κ3) is 3.18. The Hall–Kier alpha value is -2.08. The van der Waals surface area contributed by atoms with Crippen molar-refractivity contribution in [2.45, 2.75) is 19.0 Å². The van der Waals surface area contributed by atoms with Gasteiger partial charge in [-0.25, -0.2) is 0 Å². The van der Waals surface area contributed by atoms with Crippen LogP contribution >= 0.6 is 0 Å². The lowest BCUT2D eigenvalue weighted by molar-refractivity contribution is -0.121. The highest BCUT2D eigenvalue weighted by molar-refractivity contribution is 5.83. The van der Waals surface area contributed by atoms with E-state index < -0.39 is 6.04 Å². The standard InChI is InChI=1S/C11H13N5O/c12-10(6-9-4-2-1-3-5-9)11(17)7-16-14-8-13-15-16/h1-5,8,10H,6-7,12H2. The minimum atomic E-state index is -0.539. The average molecular weight is 231 g/mol. The average Bonchev–Trinajstić information content (AvgIpc) is 2.83. The molecule has 0 saturated carbocycles. The van der Waals surface area contributed by atoms with E-state index in [0.29, 0.717) is 6.42 Å². The zero-order valence-corrected chi connectivity index (χ0v) is 9.23. The molecule has 88 valence electrons. The molecule has 1 aromatic carbocycles. The topological polar surface area (TPSA) is 86.7 Å². The summed E-state index contributed by atoms with van der Waals surface area (Å²) < 4.78 is 0. The summed E-state index contributed by atoms with van der Waals surface area (Å²) in [5.74, 6) is -0.105. The summed E-state index contributed by atoms with van der Waals surface area (Å²) in [6.07, 6.45) is 1.81. The molecule has 0 bridgehead atoms. The predicted octanol–water partition coefficient (Wildman–Crippen LogP) is -0.188. The normalized spacial score (nSPS) is 12.3. The second kappa shape index (κ2) is 5.31. The summed E-state index contributed by atoms with van der Waals surface area (Å²) in [7, 11) is 0. The van der Waals surface area contributed by atoms with Gasteiger partial charge in [-0.1, -0.05) is 30.3 Å². The minimum Gasteiger partial charge on any atom is -0.321 e. The van der Waals surface area contributed by atoms with Crippen LogP contribution in [0.3, 0.4) is 0 Å². The molecule has 0 fully saturated rings. The summed E-state index contributed by atoms with van der Waals surface area (Å²) in [6, 6.07) is 9.12. The molecule has 2 aromatic rings. The maximum absolute atomic E-state index is 11.8. The number of hydrogen-bond acceptors (Lipinski definition) is 5. The van der Waals surface area contributed by atoms with E-state index in [0.717, 1.165) is 5.56 Å². The van der Waals surface area contributed by atoms with Crippen LogP contribution in [0, 0.1) is 0 Å². The Balaban J connectivity index is 1.92. The van der Waals surface area contributed by atoms with Crippen LogP contribution in [-0.2, 0) is 17.8 Å². The van der Waals surface area contributed by atoms with Gasteiger partial charge in [0.2, 0.25) is 0 Å². The molecule has 0 spiro atoms. The van der Waals surface area contributed by atoms with Crippen molar-refractivity contribution in [1.29, 1.82) is 0 Å². The van der Waals surface area contributed by atoms with Crippen LogP contribution in [0.25, 0.3) is 0 Å². The zero-order chi connectivity index (χ0) is 12.1. The first-order chi connectivity index (χ1) is 8.25. The van der Waals surface area contributed by atoms with Crippen LogP contribution < -0.4 is 5.73 Å². The fraction of sp³-hybridized carbons (Fsp3) is 0.273. The van der Waals surface area contributed by atoms with Gasteiger partial charge in [0.1, 0.15) is 6.54 Å². The van der Waals surface area contributed by atoms with E-state index in [1.165, 1.54) is 11.1 Å². The van der Waals surface area contributed by atoms with Gasteiger partial charge in [-0.2, -0.15) is 4.80 Å². The fourth-order valence-corrected chi connectivity index (χ4v) is 1.50. The molecule has 1 atom stereocenters. The van der Waals surface area contributed by atoms with Crippen LogP contribution in [0.15, 0.2) is 36.7 Å². The lowest BCUT2D eigenvalue weighted by Crippen LogP contribution is -2.35. The monoisotopic (exact) mass is 231 g/mol. The van der Waals surface area contributed by atoms with Gasteiger partial charge in [0, 0.05) is 0 Å². The van der Waals surface area contributed by atoms with Gasteiger partial charge in [0.25, 0.3) is 0 Å². The van der Waals surface area contributed by atoms with Gasteiger partial charge in [0.05, 0.1) is 6.04 Å². The third-order valence-corrected chi connectivity index (χ3v) is 2.40. The smallest absolute Gasteiger partial charge is 0.173 e. The molecule has 2 rings (SSSR count). The van der Waals surface area contributed by atoms with Gasteiger partial charge in [-0.15, -0.1) is 10.2 Å². The maximum Gasteiger partial charge on any atom is 0.173 e. The molecule has 0 radical (unpaired) electrons. The first kappa shape index (κ1) is 11.4. The Labute approximate surface area is 98.4 Å². The van der Waals surface area contributed by atoms with Gasteiger partial charge in [-0.05, 0) is 17.2 Å². The molecule has 0 aliphatic heterocycles. The Morgan fingerprint density at radius 2 is 2.12 bits per heavy atom. The Morgan fingerprint density at radius 3 is 2.76 bits per heavy atom. The maximum atomic E-state index is 11.8. The fourth-order valence-electron chi connectivity index (χ4n) is 1.50. The molecule has 6 nitrogen and oxygen atoms in total. The quantitative estimate of drug-likeness (QED) is 0.770. The lowest BCUT2D eigenvalue weighted by Gasteiger charge is -2.09. The van der Waals surface area contributed by atoms with Crippen molar-refractivity contribution < 1.29 is 4.79 Å². The highest BCUT2D eigenvalue weighted by Gasteiger charge is 2.15. The summed E-state index contributed by atoms with van der Waals surface area (Å²) in [4.78, 5) is 13.0. The van der Waals surface area contributed by atoms with Gasteiger partial charge >= 0.3 is 0 Å². The first-order valence-corrected chi connectivity index (χ1v) is 5.28. The van der Waals surface area contributed by atoms with Crippen LogP contribution in [-0.4, -0.2) is 32.0 Å². The number of Topliss-reactive ketones (excluding diaryl/α,β-unsaturated/α-hetero) is 1. The van der Waals surface area contributed by atoms with Crippen molar-refractivity contribution >= 4 is 5.78 Å². The number of carbonyl (C=O) groups excluding carboxylic acids is 1. The summed E-state index contributed by atoms with van der Waals surface area (Å²) in [6.45, 7) is 0.0635. The summed E-state index contributed by atoms with van der Waals surface area (Å²) in [5, 5.41) is 10.9. The van der Waals surface area contributed by atoms with E-state index in [2.05, 4.69) is 15.4 Å². The number of hydrogen-bond donors (Lipinski definition) is 1. The molecule has 6 heteroatoms. The molecule has 0 aliphatic rings. The molecule has 17 heavy (non-hydrogen) atoms. The lowest BCUT2D eigenvalue weighted by atomic mass is 10.0. The number of carbonyl (C=O) groups is 1. The number of rotatable bonds is 5. The largest absolute Gasteiger partial charge is 0.321 e. The number of nitrogens with zero attached hydrogens (tertiary/aromatic N) is 4. The van der Waals surface area contributed by atoms with Crippen LogP contribution in [0.2, 0.25) is 0 Å². The molecular formula is C11H13N5O. The second-order valence-corrected chi connectivity index (χ2v) is 3.73. The molecule has 1 unspecified atom stereocenters. The highest BCUT2D eigenvalue weighted by Crippen LogP contribution is 2.02. The van der Waals surface area contributed by atoms with Gasteiger partial charge < -0.3 is 5.73 Å². The first-order valence-electron chi connectivity index (χ1n) is 5.28. The van der Waals surface area contributed by atoms with Gasteiger partial charge in [0.15, 0.2) is 12.1 Å². The molecule has 0 aliphatic carbocycles. The number of benzene rings is 1. The molecule has 0 saturated heterocycles. The third-order valence-electron chi connectivity index (χ3n) is 2.40. The van der Waals surface area contributed by atoms with E-state index in [1.807, 2.05) is 30.3 Å². The number of ketones is 1. The Kier molecular flexibility index (Phi) is 3.56. The summed E-state index contributed by atoms with van der Waals surface area (Å²) in [5.41, 5.74) is 6.87. The number of aromatic nitrogens is 4. The van der Waals surface area contributed by atoms with E-state index >= 15 is 0 Å². The molecule has 2 N–H and O–H groups in total. The zero-order valence-electron chi connectivity index (χ0n) is 9.23. The van der Waals surface area contributed by atoms with E-state index in [9.17, 15) is 4.79 Å². The Bertz CT molecular complexity index is 468. The predicted molar refractivity (Wildman–Crippen MR) is 60.9 cm³/mol. The van der Waals surface area contributed by atoms with E-state index in [4.69, 9.17) is 5.73 Å². The molecule has 1 aromatic heterocycles. The molecule has 0 amide bonds. The van der Waals surface area contributed by atoms with Crippen LogP contribution in [0.5, 0.6) is 0 Å². The van der Waals surface area contributed by atoms with Crippen molar-refractivity contribution in [3.8, 4) is 0 Å². The van der Waals surface area contributed by atoms with E-state index in [1.54, 1.807) is 0 Å². The molecule has 1 heterocycles. The van der Waals surface area contributed by atoms with Gasteiger partial charge in [-0.3, -0.25) is 4.79 Å². The number of tetrazole rings is 1. The van der Waals surface area contributed by atoms with E-state index in [-0.39, 0.29) is 12.3 Å². The van der Waals surface area contributed by atoms with Crippen molar-refractivity contribution in [2.75, 3.05) is 0 Å². The second-order valence-electron chi connectivity index (χ2n) is 3.73. The van der Waals surface area contributed by atoms with Crippen LogP contribution in [0.4, 0.5) is 0 Å². The number of nitrogens with two attached hydrogens (primary N) is 1. The highest BCUT2D eigenvalue weighted by atomic mass is 16.1. The Morgan fingerprint density at radius 1 is 1.35 bits per heavy atom. The minimum absolute atomic E-state index is 0.0635. The molecular weight excluding hydrogens is 218 g/mol. The SMILES string of the molecule is NC(Cc1ccccc1)C(=O)Cn1ncnn1.